The van der Waals surface area contributed by atoms with Crippen LogP contribution in [0.5, 0.6) is 0 Å². The maximum absolute atomic E-state index is 12.1. The minimum Gasteiger partial charge on any atom is -0.479 e. The van der Waals surface area contributed by atoms with Gasteiger partial charge in [-0.2, -0.15) is 0 Å². The Labute approximate surface area is 154 Å². The number of rotatable bonds is 6. The number of benzene rings is 1. The third-order valence-electron chi connectivity index (χ3n) is 3.52. The van der Waals surface area contributed by atoms with Gasteiger partial charge in [-0.1, -0.05) is 23.2 Å². The van der Waals surface area contributed by atoms with Gasteiger partial charge in [0.1, 0.15) is 17.1 Å². The summed E-state index contributed by atoms with van der Waals surface area (Å²) in [6.07, 6.45) is 0. The molecule has 1 atom stereocenters. The first-order valence-corrected chi connectivity index (χ1v) is 8.22. The minimum atomic E-state index is -1.23. The Hall–Kier alpha value is -2.18. The molecule has 0 bridgehead atoms. The van der Waals surface area contributed by atoms with E-state index in [1.54, 1.807) is 32.9 Å². The Morgan fingerprint density at radius 3 is 2.36 bits per heavy atom. The Bertz CT molecular complexity index is 795. The Morgan fingerprint density at radius 1 is 1.24 bits per heavy atom. The third-order valence-corrected chi connectivity index (χ3v) is 3.96. The van der Waals surface area contributed by atoms with E-state index in [0.29, 0.717) is 27.1 Å². The molecule has 8 heteroatoms. The monoisotopic (exact) mass is 385 g/mol. The van der Waals surface area contributed by atoms with Crippen molar-refractivity contribution in [2.75, 3.05) is 11.9 Å². The molecule has 1 aromatic carbocycles. The maximum Gasteiger partial charge on any atom is 0.341 e. The lowest BCUT2D eigenvalue weighted by Gasteiger charge is -2.15. The number of ether oxygens (including phenoxy) is 1. The first-order valence-electron chi connectivity index (χ1n) is 7.47. The zero-order valence-corrected chi connectivity index (χ0v) is 15.4. The van der Waals surface area contributed by atoms with E-state index in [4.69, 9.17) is 32.4 Å². The summed E-state index contributed by atoms with van der Waals surface area (Å²) in [5.41, 5.74) is 1.05. The van der Waals surface area contributed by atoms with Crippen LogP contribution >= 0.6 is 23.2 Å². The summed E-state index contributed by atoms with van der Waals surface area (Å²) in [5, 5.41) is 13.1. The molecule has 25 heavy (non-hydrogen) atoms. The van der Waals surface area contributed by atoms with E-state index < -0.39 is 18.0 Å². The molecule has 1 heterocycles. The fourth-order valence-corrected chi connectivity index (χ4v) is 3.02. The Morgan fingerprint density at radius 2 is 1.84 bits per heavy atom. The molecule has 1 aromatic heterocycles. The molecule has 0 amide bonds. The number of carboxylic acids is 1. The number of anilines is 1. The van der Waals surface area contributed by atoms with E-state index in [0.717, 1.165) is 0 Å². The predicted molar refractivity (Wildman–Crippen MR) is 94.6 cm³/mol. The molecule has 2 N–H and O–H groups in total. The second-order valence-corrected chi connectivity index (χ2v) is 6.19. The predicted octanol–water partition coefficient (Wildman–Crippen LogP) is 4.62. The van der Waals surface area contributed by atoms with Crippen LogP contribution in [0.25, 0.3) is 0 Å². The third kappa shape index (κ3) is 4.27. The molecule has 2 aromatic rings. The maximum atomic E-state index is 12.1. The topological polar surface area (TPSA) is 88.8 Å². The first-order chi connectivity index (χ1) is 11.7. The lowest BCUT2D eigenvalue weighted by Crippen LogP contribution is -2.21. The fourth-order valence-electron chi connectivity index (χ4n) is 2.50. The highest BCUT2D eigenvalue weighted by Crippen LogP contribution is 2.31. The van der Waals surface area contributed by atoms with Crippen molar-refractivity contribution in [1.82, 2.24) is 0 Å². The van der Waals surface area contributed by atoms with Gasteiger partial charge in [0, 0.05) is 21.3 Å². The van der Waals surface area contributed by atoms with Crippen LogP contribution in [0.3, 0.4) is 0 Å². The van der Waals surface area contributed by atoms with Gasteiger partial charge in [-0.15, -0.1) is 0 Å². The number of carbonyl (C=O) groups is 2. The summed E-state index contributed by atoms with van der Waals surface area (Å²) >= 11 is 11.9. The molecule has 0 aliphatic heterocycles. The SMILES string of the molecule is CCOC(=O)c1c(C)oc(C(Nc2cc(Cl)cc(Cl)c2)C(=O)O)c1C. The van der Waals surface area contributed by atoms with Gasteiger partial charge in [-0.25, -0.2) is 9.59 Å². The van der Waals surface area contributed by atoms with Crippen molar-refractivity contribution in [3.63, 3.8) is 0 Å². The molecule has 0 spiro atoms. The molecular weight excluding hydrogens is 369 g/mol. The largest absolute Gasteiger partial charge is 0.479 e. The molecule has 0 fully saturated rings. The van der Waals surface area contributed by atoms with Gasteiger partial charge < -0.3 is 19.6 Å². The Kier molecular flexibility index (Phi) is 5.98. The summed E-state index contributed by atoms with van der Waals surface area (Å²) in [6, 6.07) is 3.39. The molecule has 134 valence electrons. The van der Waals surface area contributed by atoms with Gasteiger partial charge in [0.25, 0.3) is 0 Å². The average Bonchev–Trinajstić information content (AvgIpc) is 2.78. The van der Waals surface area contributed by atoms with Crippen LogP contribution in [0.2, 0.25) is 10.0 Å². The molecular formula is C17H17Cl2NO5. The van der Waals surface area contributed by atoms with Crippen molar-refractivity contribution in [2.24, 2.45) is 0 Å². The van der Waals surface area contributed by atoms with Crippen LogP contribution in [0.4, 0.5) is 5.69 Å². The second-order valence-electron chi connectivity index (χ2n) is 5.32. The molecule has 0 aliphatic carbocycles. The quantitative estimate of drug-likeness (QED) is 0.705. The first kappa shape index (κ1) is 19.1. The van der Waals surface area contributed by atoms with E-state index in [9.17, 15) is 14.7 Å². The number of carboxylic acid groups (broad SMARTS) is 1. The average molecular weight is 386 g/mol. The zero-order chi connectivity index (χ0) is 18.7. The van der Waals surface area contributed by atoms with E-state index in [1.165, 1.54) is 6.07 Å². The highest BCUT2D eigenvalue weighted by atomic mass is 35.5. The number of aliphatic carboxylic acids is 1. The molecule has 0 saturated carbocycles. The lowest BCUT2D eigenvalue weighted by atomic mass is 10.1. The molecule has 1 unspecified atom stereocenters. The van der Waals surface area contributed by atoms with Crippen LogP contribution in [-0.2, 0) is 9.53 Å². The van der Waals surface area contributed by atoms with Crippen LogP contribution in [0.15, 0.2) is 22.6 Å². The van der Waals surface area contributed by atoms with Crippen molar-refractivity contribution in [1.29, 1.82) is 0 Å². The van der Waals surface area contributed by atoms with Crippen LogP contribution < -0.4 is 5.32 Å². The highest BCUT2D eigenvalue weighted by molar-refractivity contribution is 6.35. The lowest BCUT2D eigenvalue weighted by molar-refractivity contribution is -0.138. The molecule has 2 rings (SSSR count). The van der Waals surface area contributed by atoms with Gasteiger partial charge in [0.2, 0.25) is 0 Å². The van der Waals surface area contributed by atoms with Crippen molar-refractivity contribution in [3.8, 4) is 0 Å². The van der Waals surface area contributed by atoms with E-state index >= 15 is 0 Å². The number of hydrogen-bond donors (Lipinski definition) is 2. The number of esters is 1. The van der Waals surface area contributed by atoms with Gasteiger partial charge in [0.05, 0.1) is 6.61 Å². The molecule has 0 radical (unpaired) electrons. The second kappa shape index (κ2) is 7.80. The van der Waals surface area contributed by atoms with E-state index in [2.05, 4.69) is 5.32 Å². The van der Waals surface area contributed by atoms with E-state index in [-0.39, 0.29) is 17.9 Å². The fraction of sp³-hybridized carbons (Fsp3) is 0.294. The summed E-state index contributed by atoms with van der Waals surface area (Å²) in [7, 11) is 0. The number of halogens is 2. The van der Waals surface area contributed by atoms with Crippen molar-refractivity contribution < 1.29 is 23.8 Å². The summed E-state index contributed by atoms with van der Waals surface area (Å²) in [5.74, 6) is -1.32. The number of furan rings is 1. The Balaban J connectivity index is 2.43. The van der Waals surface area contributed by atoms with Gasteiger partial charge in [-0.3, -0.25) is 0 Å². The standard InChI is InChI=1S/C17H17Cl2NO5/c1-4-24-17(23)13-8(2)15(25-9(13)3)14(16(21)22)20-12-6-10(18)5-11(19)7-12/h5-7,14,20H,4H2,1-3H3,(H,21,22). The summed E-state index contributed by atoms with van der Waals surface area (Å²) in [4.78, 5) is 23.8. The number of hydrogen-bond acceptors (Lipinski definition) is 5. The number of carbonyl (C=O) groups excluding carboxylic acids is 1. The summed E-state index contributed by atoms with van der Waals surface area (Å²) < 4.78 is 10.6. The number of nitrogens with one attached hydrogen (secondary N) is 1. The smallest absolute Gasteiger partial charge is 0.341 e. The minimum absolute atomic E-state index is 0.115. The van der Waals surface area contributed by atoms with Crippen molar-refractivity contribution in [2.45, 2.75) is 26.8 Å². The normalized spacial score (nSPS) is 11.9. The van der Waals surface area contributed by atoms with Crippen molar-refractivity contribution >= 4 is 40.8 Å². The van der Waals surface area contributed by atoms with Gasteiger partial charge >= 0.3 is 11.9 Å². The van der Waals surface area contributed by atoms with Crippen molar-refractivity contribution in [3.05, 3.63) is 50.9 Å². The van der Waals surface area contributed by atoms with E-state index in [1.807, 2.05) is 0 Å². The molecule has 0 saturated heterocycles. The van der Waals surface area contributed by atoms with Crippen LogP contribution in [-0.4, -0.2) is 23.7 Å². The van der Waals surface area contributed by atoms with Gasteiger partial charge in [-0.05, 0) is 39.0 Å². The zero-order valence-electron chi connectivity index (χ0n) is 13.9. The van der Waals surface area contributed by atoms with Crippen LogP contribution in [0.1, 0.15) is 40.4 Å². The van der Waals surface area contributed by atoms with Gasteiger partial charge in [0.15, 0.2) is 6.04 Å². The van der Waals surface area contributed by atoms with Crippen LogP contribution in [0, 0.1) is 13.8 Å². The highest BCUT2D eigenvalue weighted by Gasteiger charge is 2.30. The number of aryl methyl sites for hydroxylation is 1. The molecule has 0 aliphatic rings. The summed E-state index contributed by atoms with van der Waals surface area (Å²) in [6.45, 7) is 5.09. The molecule has 6 nitrogen and oxygen atoms in total.